The van der Waals surface area contributed by atoms with Crippen molar-refractivity contribution in [1.82, 2.24) is 4.98 Å². The van der Waals surface area contributed by atoms with Gasteiger partial charge in [0.2, 0.25) is 0 Å². The van der Waals surface area contributed by atoms with E-state index in [9.17, 15) is 5.11 Å². The summed E-state index contributed by atoms with van der Waals surface area (Å²) >= 11 is 1.53. The quantitative estimate of drug-likeness (QED) is 0.660. The van der Waals surface area contributed by atoms with Gasteiger partial charge in [0, 0.05) is 18.5 Å². The predicted octanol–water partition coefficient (Wildman–Crippen LogP) is 0.296. The minimum atomic E-state index is -0.199. The van der Waals surface area contributed by atoms with Crippen LogP contribution in [-0.2, 0) is 0 Å². The first-order chi connectivity index (χ1) is 5.75. The van der Waals surface area contributed by atoms with Crippen LogP contribution in [0.2, 0.25) is 0 Å². The van der Waals surface area contributed by atoms with Crippen LogP contribution in [0.5, 0.6) is 0 Å². The van der Waals surface area contributed by atoms with E-state index in [1.165, 1.54) is 11.3 Å². The number of hydrogen-bond acceptors (Lipinski definition) is 5. The second kappa shape index (κ2) is 2.91. The van der Waals surface area contributed by atoms with E-state index in [4.69, 9.17) is 5.73 Å². The van der Waals surface area contributed by atoms with Gasteiger partial charge in [-0.05, 0) is 6.42 Å². The molecule has 1 atom stereocenters. The number of β-amino-alcohol motifs (C(OH)–C–C–N with tert-alkyl or cyclic N) is 1. The average Bonchev–Trinajstić information content (AvgIpc) is 2.58. The summed E-state index contributed by atoms with van der Waals surface area (Å²) in [6, 6.07) is 0. The zero-order chi connectivity index (χ0) is 8.55. The fourth-order valence-corrected chi connectivity index (χ4v) is 2.09. The maximum atomic E-state index is 9.27. The van der Waals surface area contributed by atoms with E-state index < -0.39 is 0 Å². The van der Waals surface area contributed by atoms with Crippen LogP contribution in [0.1, 0.15) is 6.42 Å². The Morgan fingerprint density at radius 1 is 1.75 bits per heavy atom. The Labute approximate surface area is 74.6 Å². The number of aromatic nitrogens is 1. The highest BCUT2D eigenvalue weighted by atomic mass is 32.1. The smallest absolute Gasteiger partial charge is 0.187 e. The normalized spacial score (nSPS) is 23.4. The average molecular weight is 185 g/mol. The van der Waals surface area contributed by atoms with E-state index >= 15 is 0 Å². The molecule has 2 heterocycles. The summed E-state index contributed by atoms with van der Waals surface area (Å²) in [5, 5.41) is 12.0. The lowest BCUT2D eigenvalue weighted by atomic mass is 10.3. The zero-order valence-electron chi connectivity index (χ0n) is 6.60. The van der Waals surface area contributed by atoms with Gasteiger partial charge < -0.3 is 15.7 Å². The van der Waals surface area contributed by atoms with Crippen molar-refractivity contribution in [1.29, 1.82) is 0 Å². The van der Waals surface area contributed by atoms with E-state index in [1.54, 1.807) is 0 Å². The summed E-state index contributed by atoms with van der Waals surface area (Å²) in [6.45, 7) is 1.57. The molecule has 4 nitrogen and oxygen atoms in total. The topological polar surface area (TPSA) is 62.4 Å². The molecular weight excluding hydrogens is 174 g/mol. The van der Waals surface area contributed by atoms with Crippen molar-refractivity contribution in [3.8, 4) is 0 Å². The van der Waals surface area contributed by atoms with Crippen molar-refractivity contribution in [2.45, 2.75) is 12.5 Å². The van der Waals surface area contributed by atoms with Crippen molar-refractivity contribution >= 4 is 22.3 Å². The van der Waals surface area contributed by atoms with Gasteiger partial charge >= 0.3 is 0 Å². The molecule has 0 amide bonds. The van der Waals surface area contributed by atoms with Gasteiger partial charge in [-0.15, -0.1) is 11.3 Å². The van der Waals surface area contributed by atoms with E-state index in [0.717, 1.165) is 18.1 Å². The van der Waals surface area contributed by atoms with Crippen molar-refractivity contribution in [3.63, 3.8) is 0 Å². The molecule has 0 saturated carbocycles. The second-order valence-corrected chi connectivity index (χ2v) is 3.78. The second-order valence-electron chi connectivity index (χ2n) is 2.94. The Morgan fingerprint density at radius 3 is 3.08 bits per heavy atom. The third kappa shape index (κ3) is 1.37. The third-order valence-corrected chi connectivity index (χ3v) is 2.86. The third-order valence-electron chi connectivity index (χ3n) is 1.94. The van der Waals surface area contributed by atoms with Crippen LogP contribution < -0.4 is 10.6 Å². The number of thiazole rings is 1. The van der Waals surface area contributed by atoms with Gasteiger partial charge in [0.1, 0.15) is 5.82 Å². The Balaban J connectivity index is 2.11. The Kier molecular flexibility index (Phi) is 1.90. The van der Waals surface area contributed by atoms with Crippen LogP contribution in [0, 0.1) is 0 Å². The molecule has 3 N–H and O–H groups in total. The van der Waals surface area contributed by atoms with Crippen LogP contribution in [0.25, 0.3) is 0 Å². The van der Waals surface area contributed by atoms with E-state index in [2.05, 4.69) is 9.88 Å². The van der Waals surface area contributed by atoms with E-state index in [1.807, 2.05) is 5.38 Å². The first-order valence-corrected chi connectivity index (χ1v) is 4.77. The van der Waals surface area contributed by atoms with Gasteiger partial charge in [-0.25, -0.2) is 4.98 Å². The highest BCUT2D eigenvalue weighted by Gasteiger charge is 2.22. The van der Waals surface area contributed by atoms with Gasteiger partial charge in [0.05, 0.1) is 6.10 Å². The molecule has 1 fully saturated rings. The first-order valence-electron chi connectivity index (χ1n) is 3.90. The number of aliphatic hydroxyl groups is 1. The highest BCUT2D eigenvalue weighted by Crippen LogP contribution is 2.25. The molecule has 1 aliphatic heterocycles. The van der Waals surface area contributed by atoms with Gasteiger partial charge in [0.25, 0.3) is 0 Å². The number of anilines is 2. The number of hydrogen-bond donors (Lipinski definition) is 2. The van der Waals surface area contributed by atoms with Gasteiger partial charge in [-0.3, -0.25) is 0 Å². The Bertz CT molecular complexity index is 275. The number of aliphatic hydroxyl groups excluding tert-OH is 1. The summed E-state index contributed by atoms with van der Waals surface area (Å²) in [7, 11) is 0. The summed E-state index contributed by atoms with van der Waals surface area (Å²) < 4.78 is 0. The molecule has 0 radical (unpaired) electrons. The fraction of sp³-hybridized carbons (Fsp3) is 0.571. The van der Waals surface area contributed by atoms with E-state index in [0.29, 0.717) is 12.4 Å². The molecule has 5 heteroatoms. The number of nitrogens with zero attached hydrogens (tertiary/aromatic N) is 2. The van der Waals surface area contributed by atoms with Crippen molar-refractivity contribution < 1.29 is 5.11 Å². The number of rotatable bonds is 1. The molecule has 0 bridgehead atoms. The van der Waals surface area contributed by atoms with Crippen LogP contribution in [0.3, 0.4) is 0 Å². The monoisotopic (exact) mass is 185 g/mol. The van der Waals surface area contributed by atoms with Gasteiger partial charge in [-0.1, -0.05) is 0 Å². The van der Waals surface area contributed by atoms with Crippen molar-refractivity contribution in [3.05, 3.63) is 5.38 Å². The predicted molar refractivity (Wildman–Crippen MR) is 49.4 cm³/mol. The Morgan fingerprint density at radius 2 is 2.58 bits per heavy atom. The van der Waals surface area contributed by atoms with Gasteiger partial charge in [-0.2, -0.15) is 0 Å². The Hall–Kier alpha value is -0.810. The SMILES string of the molecule is Nc1csc(N2CCC(O)C2)n1. The molecule has 2 rings (SSSR count). The molecule has 1 aliphatic rings. The molecule has 0 spiro atoms. The molecule has 0 aliphatic carbocycles. The first kappa shape index (κ1) is 7.82. The summed E-state index contributed by atoms with van der Waals surface area (Å²) in [4.78, 5) is 6.20. The van der Waals surface area contributed by atoms with E-state index in [-0.39, 0.29) is 6.10 Å². The van der Waals surface area contributed by atoms with Crippen LogP contribution >= 0.6 is 11.3 Å². The minimum Gasteiger partial charge on any atom is -0.391 e. The molecule has 12 heavy (non-hydrogen) atoms. The summed E-state index contributed by atoms with van der Waals surface area (Å²) in [5.41, 5.74) is 5.49. The summed E-state index contributed by atoms with van der Waals surface area (Å²) in [5.74, 6) is 0.566. The lowest BCUT2D eigenvalue weighted by Crippen LogP contribution is -2.20. The zero-order valence-corrected chi connectivity index (χ0v) is 7.42. The van der Waals surface area contributed by atoms with Gasteiger partial charge in [0.15, 0.2) is 5.13 Å². The molecule has 1 aromatic rings. The lowest BCUT2D eigenvalue weighted by Gasteiger charge is -2.12. The van der Waals surface area contributed by atoms with Crippen molar-refractivity contribution in [2.24, 2.45) is 0 Å². The highest BCUT2D eigenvalue weighted by molar-refractivity contribution is 7.14. The lowest BCUT2D eigenvalue weighted by molar-refractivity contribution is 0.198. The van der Waals surface area contributed by atoms with Crippen molar-refractivity contribution in [2.75, 3.05) is 23.7 Å². The summed E-state index contributed by atoms with van der Waals surface area (Å²) in [6.07, 6.45) is 0.634. The minimum absolute atomic E-state index is 0.199. The van der Waals surface area contributed by atoms with Crippen LogP contribution in [-0.4, -0.2) is 29.3 Å². The number of nitrogens with two attached hydrogens (primary N) is 1. The largest absolute Gasteiger partial charge is 0.391 e. The number of nitrogen functional groups attached to an aromatic ring is 1. The molecule has 1 saturated heterocycles. The van der Waals surface area contributed by atoms with Crippen LogP contribution in [0.15, 0.2) is 5.38 Å². The fourth-order valence-electron chi connectivity index (χ4n) is 1.34. The molecule has 0 aromatic carbocycles. The molecule has 1 aromatic heterocycles. The molecular formula is C7H11N3OS. The van der Waals surface area contributed by atoms with Crippen LogP contribution in [0.4, 0.5) is 10.9 Å². The maximum Gasteiger partial charge on any atom is 0.187 e. The maximum absolute atomic E-state index is 9.27. The molecule has 1 unspecified atom stereocenters. The molecule has 66 valence electrons. The standard InChI is InChI=1S/C7H11N3OS/c8-6-4-12-7(9-6)10-2-1-5(11)3-10/h4-5,11H,1-3,8H2.